The number of fused-ring (bicyclic) bond motifs is 3. The van der Waals surface area contributed by atoms with Crippen LogP contribution in [0.4, 0.5) is 0 Å². The van der Waals surface area contributed by atoms with Gasteiger partial charge in [-0.3, -0.25) is 9.59 Å². The zero-order valence-electron chi connectivity index (χ0n) is 13.4. The van der Waals surface area contributed by atoms with Crippen LogP contribution in [0.25, 0.3) is 21.8 Å². The number of hydrogen-bond donors (Lipinski definition) is 2. The number of aromatic nitrogens is 3. The maximum Gasteiger partial charge on any atom is 0.291 e. The van der Waals surface area contributed by atoms with Crippen molar-refractivity contribution >= 4 is 27.7 Å². The Hall–Kier alpha value is -2.63. The van der Waals surface area contributed by atoms with E-state index in [0.29, 0.717) is 5.52 Å². The molecule has 2 N–H and O–H groups in total. The Bertz CT molecular complexity index is 950. The molecule has 3 aromatic rings. The van der Waals surface area contributed by atoms with Crippen molar-refractivity contribution in [2.45, 2.75) is 44.7 Å². The van der Waals surface area contributed by atoms with E-state index >= 15 is 0 Å². The average Bonchev–Trinajstić information content (AvgIpc) is 2.98. The van der Waals surface area contributed by atoms with Gasteiger partial charge in [0.2, 0.25) is 5.91 Å². The van der Waals surface area contributed by atoms with E-state index in [4.69, 9.17) is 0 Å². The van der Waals surface area contributed by atoms with Crippen LogP contribution in [-0.2, 0) is 11.3 Å². The molecule has 0 radical (unpaired) electrons. The molecule has 0 bridgehead atoms. The van der Waals surface area contributed by atoms with Gasteiger partial charge in [-0.2, -0.15) is 5.10 Å². The van der Waals surface area contributed by atoms with Crippen molar-refractivity contribution in [3.8, 4) is 0 Å². The SMILES string of the molecule is O=C(Cn1ncc2c([nH]c3ccccc32)c1=O)NC1CCCCC1. The summed E-state index contributed by atoms with van der Waals surface area (Å²) in [7, 11) is 0. The van der Waals surface area contributed by atoms with Crippen molar-refractivity contribution in [2.24, 2.45) is 0 Å². The number of nitrogens with zero attached hydrogens (tertiary/aromatic N) is 2. The zero-order chi connectivity index (χ0) is 16.5. The predicted molar refractivity (Wildman–Crippen MR) is 92.9 cm³/mol. The molecule has 2 heterocycles. The van der Waals surface area contributed by atoms with Crippen LogP contribution in [-0.4, -0.2) is 26.7 Å². The predicted octanol–water partition coefficient (Wildman–Crippen LogP) is 2.33. The number of hydrogen-bond acceptors (Lipinski definition) is 3. The monoisotopic (exact) mass is 324 g/mol. The van der Waals surface area contributed by atoms with Gasteiger partial charge in [-0.15, -0.1) is 0 Å². The molecule has 124 valence electrons. The van der Waals surface area contributed by atoms with Gasteiger partial charge in [-0.05, 0) is 18.9 Å². The van der Waals surface area contributed by atoms with Crippen LogP contribution < -0.4 is 10.9 Å². The van der Waals surface area contributed by atoms with Crippen LogP contribution in [0.1, 0.15) is 32.1 Å². The minimum atomic E-state index is -0.262. The highest BCUT2D eigenvalue weighted by Gasteiger charge is 2.17. The highest BCUT2D eigenvalue weighted by atomic mass is 16.2. The largest absolute Gasteiger partial charge is 0.352 e. The van der Waals surface area contributed by atoms with Crippen molar-refractivity contribution in [1.29, 1.82) is 0 Å². The van der Waals surface area contributed by atoms with E-state index in [1.165, 1.54) is 11.1 Å². The summed E-state index contributed by atoms with van der Waals surface area (Å²) in [5.74, 6) is -0.146. The fourth-order valence-corrected chi connectivity index (χ4v) is 3.54. The molecular weight excluding hydrogens is 304 g/mol. The first-order valence-corrected chi connectivity index (χ1v) is 8.48. The second kappa shape index (κ2) is 6.11. The summed E-state index contributed by atoms with van der Waals surface area (Å²) in [6.45, 7) is -0.0410. The van der Waals surface area contributed by atoms with Crippen LogP contribution in [0.15, 0.2) is 35.3 Å². The lowest BCUT2D eigenvalue weighted by molar-refractivity contribution is -0.122. The number of H-pyrrole nitrogens is 1. The number of aromatic amines is 1. The van der Waals surface area contributed by atoms with Crippen molar-refractivity contribution in [2.75, 3.05) is 0 Å². The second-order valence-electron chi connectivity index (χ2n) is 6.47. The molecule has 1 fully saturated rings. The van der Waals surface area contributed by atoms with Crippen molar-refractivity contribution in [3.63, 3.8) is 0 Å². The van der Waals surface area contributed by atoms with Gasteiger partial charge >= 0.3 is 0 Å². The molecule has 0 atom stereocenters. The Morgan fingerprint density at radius 3 is 2.83 bits per heavy atom. The molecule has 0 spiro atoms. The smallest absolute Gasteiger partial charge is 0.291 e. The van der Waals surface area contributed by atoms with E-state index in [0.717, 1.165) is 42.0 Å². The Morgan fingerprint density at radius 2 is 2.00 bits per heavy atom. The molecule has 1 aliphatic carbocycles. The minimum Gasteiger partial charge on any atom is -0.352 e. The molecule has 24 heavy (non-hydrogen) atoms. The number of nitrogens with one attached hydrogen (secondary N) is 2. The molecule has 6 heteroatoms. The number of carbonyl (C=O) groups is 1. The fourth-order valence-electron chi connectivity index (χ4n) is 3.54. The van der Waals surface area contributed by atoms with Crippen LogP contribution in [0, 0.1) is 0 Å². The van der Waals surface area contributed by atoms with Gasteiger partial charge in [-0.1, -0.05) is 37.5 Å². The summed E-state index contributed by atoms with van der Waals surface area (Å²) in [6, 6.07) is 7.96. The summed E-state index contributed by atoms with van der Waals surface area (Å²) in [4.78, 5) is 28.0. The summed E-state index contributed by atoms with van der Waals surface area (Å²) < 4.78 is 1.23. The molecule has 1 aliphatic rings. The van der Waals surface area contributed by atoms with Gasteiger partial charge < -0.3 is 10.3 Å². The van der Waals surface area contributed by atoms with Gasteiger partial charge in [-0.25, -0.2) is 4.68 Å². The highest BCUT2D eigenvalue weighted by molar-refractivity contribution is 6.06. The molecule has 2 aromatic heterocycles. The molecule has 1 saturated carbocycles. The lowest BCUT2D eigenvalue weighted by atomic mass is 9.95. The topological polar surface area (TPSA) is 79.8 Å². The Morgan fingerprint density at radius 1 is 1.21 bits per heavy atom. The van der Waals surface area contributed by atoms with Gasteiger partial charge in [0.25, 0.3) is 5.56 Å². The number of carbonyl (C=O) groups excluding carboxylic acids is 1. The maximum absolute atomic E-state index is 12.6. The van der Waals surface area contributed by atoms with Crippen molar-refractivity contribution in [1.82, 2.24) is 20.1 Å². The average molecular weight is 324 g/mol. The third-order valence-corrected chi connectivity index (χ3v) is 4.78. The van der Waals surface area contributed by atoms with Gasteiger partial charge in [0, 0.05) is 22.3 Å². The Balaban J connectivity index is 1.60. The molecule has 0 unspecified atom stereocenters. The minimum absolute atomic E-state index is 0.0410. The van der Waals surface area contributed by atoms with Gasteiger partial charge in [0.1, 0.15) is 12.1 Å². The lowest BCUT2D eigenvalue weighted by Gasteiger charge is -2.22. The van der Waals surface area contributed by atoms with Crippen molar-refractivity contribution in [3.05, 3.63) is 40.8 Å². The summed E-state index contributed by atoms with van der Waals surface area (Å²) >= 11 is 0. The third kappa shape index (κ3) is 2.68. The van der Waals surface area contributed by atoms with Gasteiger partial charge in [0.15, 0.2) is 0 Å². The van der Waals surface area contributed by atoms with E-state index in [1.54, 1.807) is 6.20 Å². The van der Waals surface area contributed by atoms with Crippen LogP contribution in [0.3, 0.4) is 0 Å². The number of amides is 1. The second-order valence-corrected chi connectivity index (χ2v) is 6.47. The summed E-state index contributed by atoms with van der Waals surface area (Å²) in [6.07, 6.45) is 7.26. The first-order valence-electron chi connectivity index (χ1n) is 8.48. The first kappa shape index (κ1) is 14.9. The molecule has 0 aliphatic heterocycles. The summed E-state index contributed by atoms with van der Waals surface area (Å²) in [5.41, 5.74) is 1.13. The number of rotatable bonds is 3. The number of benzene rings is 1. The Kier molecular flexibility index (Phi) is 3.80. The summed E-state index contributed by atoms with van der Waals surface area (Å²) in [5, 5.41) is 8.97. The Labute approximate surface area is 138 Å². The molecule has 1 amide bonds. The van der Waals surface area contributed by atoms with E-state index in [9.17, 15) is 9.59 Å². The molecular formula is C18H20N4O2. The van der Waals surface area contributed by atoms with E-state index < -0.39 is 0 Å². The molecule has 4 rings (SSSR count). The molecule has 0 saturated heterocycles. The standard InChI is InChI=1S/C18H20N4O2/c23-16(20-12-6-2-1-3-7-12)11-22-18(24)17-14(10-19-22)13-8-4-5-9-15(13)21-17/h4-5,8-10,12,21H,1-3,6-7,11H2,(H,20,23). The fraction of sp³-hybridized carbons (Fsp3) is 0.389. The highest BCUT2D eigenvalue weighted by Crippen LogP contribution is 2.21. The molecule has 1 aromatic carbocycles. The molecule has 6 nitrogen and oxygen atoms in total. The van der Waals surface area contributed by atoms with E-state index in [2.05, 4.69) is 15.4 Å². The number of para-hydroxylation sites is 1. The van der Waals surface area contributed by atoms with E-state index in [-0.39, 0.29) is 24.1 Å². The van der Waals surface area contributed by atoms with Gasteiger partial charge in [0.05, 0.1) is 6.20 Å². The lowest BCUT2D eigenvalue weighted by Crippen LogP contribution is -2.40. The van der Waals surface area contributed by atoms with E-state index in [1.807, 2.05) is 24.3 Å². The quantitative estimate of drug-likeness (QED) is 0.776. The third-order valence-electron chi connectivity index (χ3n) is 4.78. The zero-order valence-corrected chi connectivity index (χ0v) is 13.4. The van der Waals surface area contributed by atoms with Crippen molar-refractivity contribution < 1.29 is 4.79 Å². The van der Waals surface area contributed by atoms with Crippen LogP contribution in [0.2, 0.25) is 0 Å². The normalized spacial score (nSPS) is 15.8. The first-order chi connectivity index (χ1) is 11.7. The van der Waals surface area contributed by atoms with Crippen LogP contribution >= 0.6 is 0 Å². The maximum atomic E-state index is 12.6. The van der Waals surface area contributed by atoms with Crippen LogP contribution in [0.5, 0.6) is 0 Å².